The third-order valence-electron chi connectivity index (χ3n) is 6.94. The van der Waals surface area contributed by atoms with Crippen molar-refractivity contribution in [3.05, 3.63) is 69.0 Å². The van der Waals surface area contributed by atoms with Crippen molar-refractivity contribution in [3.8, 4) is 17.0 Å². The number of carbonyl (C=O) groups is 1. The summed E-state index contributed by atoms with van der Waals surface area (Å²) in [6.45, 7) is 0.661. The average Bonchev–Trinajstić information content (AvgIpc) is 3.62. The monoisotopic (exact) mass is 495 g/mol. The summed E-state index contributed by atoms with van der Waals surface area (Å²) < 4.78 is 20.7. The Bertz CT molecular complexity index is 1360. The van der Waals surface area contributed by atoms with Gasteiger partial charge in [-0.05, 0) is 61.8 Å². The van der Waals surface area contributed by atoms with Gasteiger partial charge in [-0.15, -0.1) is 0 Å². The maximum atomic E-state index is 15.0. The lowest BCUT2D eigenvalue weighted by atomic mass is 9.99. The SMILES string of the molecule is O=C(Nc1cc(Cl)c(-c2ccc(OCC3CC3)nc2)cc1F)N1[C@H]2CC[C@@H]1c1n[nH]c(=O)cc1C2. The summed E-state index contributed by atoms with van der Waals surface area (Å²) in [5.74, 6) is 0.550. The van der Waals surface area contributed by atoms with Crippen LogP contribution in [0.5, 0.6) is 5.88 Å². The Balaban J connectivity index is 1.19. The molecular weight excluding hydrogens is 473 g/mol. The predicted molar refractivity (Wildman–Crippen MR) is 128 cm³/mol. The number of H-pyrrole nitrogens is 1. The number of fused-ring (bicyclic) bond motifs is 4. The Morgan fingerprint density at radius 2 is 2.09 bits per heavy atom. The van der Waals surface area contributed by atoms with Crippen molar-refractivity contribution in [1.29, 1.82) is 0 Å². The molecule has 4 heterocycles. The van der Waals surface area contributed by atoms with Crippen LogP contribution in [0, 0.1) is 11.7 Å². The van der Waals surface area contributed by atoms with Crippen LogP contribution < -0.4 is 15.6 Å². The van der Waals surface area contributed by atoms with Crippen molar-refractivity contribution >= 4 is 23.3 Å². The molecule has 3 aliphatic rings. The minimum Gasteiger partial charge on any atom is -0.477 e. The van der Waals surface area contributed by atoms with Gasteiger partial charge in [0.2, 0.25) is 5.88 Å². The largest absolute Gasteiger partial charge is 0.477 e. The number of halogens is 2. The lowest BCUT2D eigenvalue weighted by Gasteiger charge is -2.35. The number of aromatic nitrogens is 3. The molecule has 6 rings (SSSR count). The molecule has 0 spiro atoms. The Morgan fingerprint density at radius 3 is 2.86 bits per heavy atom. The van der Waals surface area contributed by atoms with Crippen LogP contribution in [-0.2, 0) is 6.42 Å². The molecule has 1 saturated heterocycles. The Hall–Kier alpha value is -3.46. The van der Waals surface area contributed by atoms with Gasteiger partial charge in [-0.2, -0.15) is 5.10 Å². The lowest BCUT2D eigenvalue weighted by molar-refractivity contribution is 0.177. The van der Waals surface area contributed by atoms with Gasteiger partial charge in [0.15, 0.2) is 0 Å². The summed E-state index contributed by atoms with van der Waals surface area (Å²) in [6, 6.07) is 7.04. The van der Waals surface area contributed by atoms with Crippen molar-refractivity contribution in [2.75, 3.05) is 11.9 Å². The zero-order chi connectivity index (χ0) is 24.1. The third-order valence-corrected chi connectivity index (χ3v) is 7.25. The van der Waals surface area contributed by atoms with Gasteiger partial charge in [0.1, 0.15) is 5.82 Å². The fraction of sp³-hybridized carbons (Fsp3) is 0.360. The standard InChI is InChI=1S/C25H23ClFN5O3/c26-18-10-20(19(27)9-17(18)14-3-6-23(28-11-14)35-12-13-1-2-13)29-25(34)32-16-4-5-21(32)24-15(7-16)8-22(33)30-31-24/h3,6,8-11,13,16,21H,1-2,4-5,7,12H2,(H,29,34)(H,30,33)/t16-,21+/m0/s1. The molecule has 0 unspecified atom stereocenters. The van der Waals surface area contributed by atoms with E-state index in [9.17, 15) is 9.59 Å². The highest BCUT2D eigenvalue weighted by Gasteiger charge is 2.44. The van der Waals surface area contributed by atoms with E-state index in [0.717, 1.165) is 18.4 Å². The minimum atomic E-state index is -0.598. The second kappa shape index (κ2) is 8.64. The van der Waals surface area contributed by atoms with Gasteiger partial charge in [-0.3, -0.25) is 4.79 Å². The molecule has 180 valence electrons. The number of rotatable bonds is 5. The van der Waals surface area contributed by atoms with Crippen LogP contribution in [0.25, 0.3) is 11.1 Å². The van der Waals surface area contributed by atoms with Gasteiger partial charge in [-0.25, -0.2) is 19.3 Å². The number of amides is 2. The van der Waals surface area contributed by atoms with Gasteiger partial charge in [0.25, 0.3) is 5.56 Å². The number of pyridine rings is 1. The van der Waals surface area contributed by atoms with Crippen molar-refractivity contribution in [2.45, 2.75) is 44.2 Å². The summed E-state index contributed by atoms with van der Waals surface area (Å²) in [7, 11) is 0. The summed E-state index contributed by atoms with van der Waals surface area (Å²) in [5.41, 5.74) is 2.43. The van der Waals surface area contributed by atoms with Gasteiger partial charge in [0.05, 0.1) is 29.1 Å². The number of nitrogens with zero attached hydrogens (tertiary/aromatic N) is 3. The smallest absolute Gasteiger partial charge is 0.322 e. The van der Waals surface area contributed by atoms with E-state index in [1.807, 2.05) is 0 Å². The first-order valence-corrected chi connectivity index (χ1v) is 12.1. The molecule has 3 aromatic rings. The van der Waals surface area contributed by atoms with E-state index in [2.05, 4.69) is 20.5 Å². The molecule has 1 aliphatic carbocycles. The lowest BCUT2D eigenvalue weighted by Crippen LogP contribution is -2.45. The van der Waals surface area contributed by atoms with Crippen LogP contribution in [0.4, 0.5) is 14.9 Å². The average molecular weight is 496 g/mol. The third kappa shape index (κ3) is 4.25. The summed E-state index contributed by atoms with van der Waals surface area (Å²) in [4.78, 5) is 30.8. The maximum absolute atomic E-state index is 15.0. The fourth-order valence-corrected chi connectivity index (χ4v) is 5.25. The first-order valence-electron chi connectivity index (χ1n) is 11.7. The molecule has 1 saturated carbocycles. The van der Waals surface area contributed by atoms with E-state index in [0.29, 0.717) is 46.7 Å². The molecule has 2 N–H and O–H groups in total. The normalized spacial score (nSPS) is 20.5. The fourth-order valence-electron chi connectivity index (χ4n) is 4.97. The number of hydrogen-bond donors (Lipinski definition) is 2. The van der Waals surface area contributed by atoms with Gasteiger partial charge in [-0.1, -0.05) is 11.6 Å². The minimum absolute atomic E-state index is 0.000667. The van der Waals surface area contributed by atoms with Crippen LogP contribution in [0.2, 0.25) is 5.02 Å². The number of aromatic amines is 1. The highest BCUT2D eigenvalue weighted by molar-refractivity contribution is 6.33. The first kappa shape index (κ1) is 22.0. The van der Waals surface area contributed by atoms with Gasteiger partial charge in [0, 0.05) is 35.5 Å². The highest BCUT2D eigenvalue weighted by Crippen LogP contribution is 2.43. The van der Waals surface area contributed by atoms with Crippen LogP contribution >= 0.6 is 11.6 Å². The van der Waals surface area contributed by atoms with Crippen molar-refractivity contribution in [3.63, 3.8) is 0 Å². The molecule has 8 nitrogen and oxygen atoms in total. The molecule has 2 fully saturated rings. The summed E-state index contributed by atoms with van der Waals surface area (Å²) in [6.07, 6.45) is 6.06. The van der Waals surface area contributed by atoms with E-state index >= 15 is 4.39 Å². The van der Waals surface area contributed by atoms with Crippen molar-refractivity contribution < 1.29 is 13.9 Å². The number of anilines is 1. The molecule has 2 atom stereocenters. The zero-order valence-corrected chi connectivity index (χ0v) is 19.5. The second-order valence-electron chi connectivity index (χ2n) is 9.38. The van der Waals surface area contributed by atoms with Crippen LogP contribution in [0.1, 0.15) is 43.0 Å². The first-order chi connectivity index (χ1) is 17.0. The summed E-state index contributed by atoms with van der Waals surface area (Å²) >= 11 is 6.47. The number of urea groups is 1. The topological polar surface area (TPSA) is 100 Å². The number of hydrogen-bond acceptors (Lipinski definition) is 5. The van der Waals surface area contributed by atoms with E-state index in [4.69, 9.17) is 16.3 Å². The Labute approximate surface area is 205 Å². The van der Waals surface area contributed by atoms with E-state index in [1.54, 1.807) is 29.3 Å². The Morgan fingerprint density at radius 1 is 1.23 bits per heavy atom. The maximum Gasteiger partial charge on any atom is 0.322 e. The van der Waals surface area contributed by atoms with Gasteiger partial charge < -0.3 is 15.0 Å². The Kier molecular flexibility index (Phi) is 5.44. The second-order valence-corrected chi connectivity index (χ2v) is 9.79. The summed E-state index contributed by atoms with van der Waals surface area (Å²) in [5, 5.41) is 9.60. The van der Waals surface area contributed by atoms with Gasteiger partial charge >= 0.3 is 6.03 Å². The van der Waals surface area contributed by atoms with Crippen LogP contribution in [0.15, 0.2) is 41.3 Å². The molecule has 0 radical (unpaired) electrons. The van der Waals surface area contributed by atoms with Crippen molar-refractivity contribution in [1.82, 2.24) is 20.1 Å². The number of carbonyl (C=O) groups excluding carboxylic acids is 1. The molecule has 2 amide bonds. The number of ether oxygens (including phenoxy) is 1. The van der Waals surface area contributed by atoms with Crippen molar-refractivity contribution in [2.24, 2.45) is 5.92 Å². The molecule has 2 aromatic heterocycles. The predicted octanol–water partition coefficient (Wildman–Crippen LogP) is 4.71. The number of benzene rings is 1. The molecule has 1 aromatic carbocycles. The molecule has 10 heteroatoms. The highest BCUT2D eigenvalue weighted by atomic mass is 35.5. The van der Waals surface area contributed by atoms with Crippen LogP contribution in [0.3, 0.4) is 0 Å². The number of nitrogens with one attached hydrogen (secondary N) is 2. The zero-order valence-electron chi connectivity index (χ0n) is 18.8. The van der Waals surface area contributed by atoms with E-state index in [-0.39, 0.29) is 23.3 Å². The van der Waals surface area contributed by atoms with E-state index in [1.165, 1.54) is 25.0 Å². The molecule has 2 aliphatic heterocycles. The van der Waals surface area contributed by atoms with Crippen LogP contribution in [-0.4, -0.2) is 38.8 Å². The molecule has 35 heavy (non-hydrogen) atoms. The molecule has 2 bridgehead atoms. The molecular formula is C25H23ClFN5O3. The van der Waals surface area contributed by atoms with E-state index < -0.39 is 11.8 Å². The quantitative estimate of drug-likeness (QED) is 0.534.